The summed E-state index contributed by atoms with van der Waals surface area (Å²) in [6.45, 7) is 18.7. The SMILES string of the molecule is CC(C)P([C]1[CH][CH][CH][CH]1)C(C)C.CC(C)P([C]1[CH][CH][CH][CH]1)C(C)C.[Fe].[Rh]. The van der Waals surface area contributed by atoms with E-state index < -0.39 is 0 Å². The van der Waals surface area contributed by atoms with Crippen LogP contribution in [0.2, 0.25) is 0 Å². The van der Waals surface area contributed by atoms with Crippen molar-refractivity contribution in [1.82, 2.24) is 0 Å². The van der Waals surface area contributed by atoms with Crippen molar-refractivity contribution in [2.24, 2.45) is 0 Å². The molecule has 0 saturated heterocycles. The molecule has 11 radical (unpaired) electrons. The van der Waals surface area contributed by atoms with E-state index in [4.69, 9.17) is 0 Å². The molecule has 0 spiro atoms. The van der Waals surface area contributed by atoms with E-state index in [9.17, 15) is 0 Å². The van der Waals surface area contributed by atoms with E-state index in [0.717, 1.165) is 22.6 Å². The minimum atomic E-state index is 0. The molecule has 2 aliphatic carbocycles. The molecule has 151 valence electrons. The van der Waals surface area contributed by atoms with Crippen LogP contribution in [0.1, 0.15) is 55.4 Å². The molecule has 2 fully saturated rings. The molecule has 26 heavy (non-hydrogen) atoms. The van der Waals surface area contributed by atoms with Crippen LogP contribution in [0.25, 0.3) is 0 Å². The maximum absolute atomic E-state index is 2.33. The first-order chi connectivity index (χ1) is 11.3. The van der Waals surface area contributed by atoms with E-state index in [1.807, 2.05) is 0 Å². The average Bonchev–Trinajstić information content (AvgIpc) is 3.11. The van der Waals surface area contributed by atoms with Crippen molar-refractivity contribution in [3.05, 3.63) is 62.7 Å². The van der Waals surface area contributed by atoms with Crippen LogP contribution in [0.4, 0.5) is 0 Å². The maximum Gasteiger partial charge on any atom is 0.00799 e. The van der Waals surface area contributed by atoms with Gasteiger partial charge in [-0.1, -0.05) is 71.2 Å². The molecule has 0 atom stereocenters. The molecule has 4 heteroatoms. The molecule has 0 amide bonds. The first-order valence-corrected chi connectivity index (χ1v) is 12.2. The largest absolute Gasteiger partial charge is 0.0935 e. The molecule has 0 bridgehead atoms. The average molecular weight is 521 g/mol. The predicted octanol–water partition coefficient (Wildman–Crippen LogP) is 7.29. The summed E-state index contributed by atoms with van der Waals surface area (Å²) in [7, 11) is 0.127. The van der Waals surface area contributed by atoms with Gasteiger partial charge < -0.3 is 0 Å². The Morgan fingerprint density at radius 2 is 0.692 bits per heavy atom. The van der Waals surface area contributed by atoms with E-state index in [1.54, 1.807) is 11.3 Å². The Kier molecular flexibility index (Phi) is 18.3. The fourth-order valence-electron chi connectivity index (χ4n) is 3.46. The van der Waals surface area contributed by atoms with Crippen molar-refractivity contribution in [3.63, 3.8) is 0 Å². The third-order valence-corrected chi connectivity index (χ3v) is 10.4. The summed E-state index contributed by atoms with van der Waals surface area (Å²) in [5, 5.41) is 0. The Hall–Kier alpha value is 2.00. The fraction of sp³-hybridized carbons (Fsp3) is 0.545. The van der Waals surface area contributed by atoms with Crippen LogP contribution in [-0.4, -0.2) is 22.6 Å². The smallest absolute Gasteiger partial charge is 0.00799 e. The van der Waals surface area contributed by atoms with Crippen LogP contribution in [0.3, 0.4) is 0 Å². The Morgan fingerprint density at radius 1 is 0.500 bits per heavy atom. The van der Waals surface area contributed by atoms with Gasteiger partial charge in [0.1, 0.15) is 0 Å². The Labute approximate surface area is 192 Å². The molecule has 2 rings (SSSR count). The van der Waals surface area contributed by atoms with Crippen LogP contribution >= 0.6 is 15.8 Å². The number of rotatable bonds is 6. The van der Waals surface area contributed by atoms with Gasteiger partial charge in [-0.15, -0.1) is 0 Å². The minimum Gasteiger partial charge on any atom is -0.0935 e. The third kappa shape index (κ3) is 10.2. The van der Waals surface area contributed by atoms with Gasteiger partial charge in [-0.25, -0.2) is 0 Å². The van der Waals surface area contributed by atoms with Gasteiger partial charge >= 0.3 is 0 Å². The molecular formula is C22H36FeP2Rh. The molecule has 0 aromatic rings. The topological polar surface area (TPSA) is 0 Å². The van der Waals surface area contributed by atoms with Crippen molar-refractivity contribution in [1.29, 1.82) is 0 Å². The molecule has 0 aromatic carbocycles. The van der Waals surface area contributed by atoms with E-state index >= 15 is 0 Å². The van der Waals surface area contributed by atoms with Crippen LogP contribution < -0.4 is 0 Å². The zero-order chi connectivity index (χ0) is 18.3. The summed E-state index contributed by atoms with van der Waals surface area (Å²) < 4.78 is 0. The van der Waals surface area contributed by atoms with E-state index in [2.05, 4.69) is 107 Å². The van der Waals surface area contributed by atoms with Gasteiger partial charge in [-0.2, -0.15) is 0 Å². The third-order valence-electron chi connectivity index (χ3n) is 4.11. The summed E-state index contributed by atoms with van der Waals surface area (Å²) >= 11 is 0. The van der Waals surface area contributed by atoms with Gasteiger partial charge in [0, 0.05) is 47.9 Å². The van der Waals surface area contributed by atoms with Crippen molar-refractivity contribution in [2.45, 2.75) is 78.0 Å². The van der Waals surface area contributed by atoms with Crippen LogP contribution in [0.5, 0.6) is 0 Å². The molecule has 0 aliphatic heterocycles. The summed E-state index contributed by atoms with van der Waals surface area (Å²) in [4.78, 5) is 0. The minimum absolute atomic E-state index is 0. The molecule has 0 N–H and O–H groups in total. The van der Waals surface area contributed by atoms with Crippen LogP contribution in [-0.2, 0) is 36.5 Å². The van der Waals surface area contributed by atoms with E-state index in [0.29, 0.717) is 0 Å². The first kappa shape index (κ1) is 30.2. The summed E-state index contributed by atoms with van der Waals surface area (Å²) in [6, 6.07) is 0. The van der Waals surface area contributed by atoms with Crippen molar-refractivity contribution in [3.8, 4) is 0 Å². The Balaban J connectivity index is 0. The Morgan fingerprint density at radius 3 is 0.846 bits per heavy atom. The normalized spacial score (nSPS) is 18.7. The van der Waals surface area contributed by atoms with Gasteiger partial charge in [0.15, 0.2) is 0 Å². The number of hydrogen-bond acceptors (Lipinski definition) is 0. The predicted molar refractivity (Wildman–Crippen MR) is 115 cm³/mol. The molecule has 2 aliphatic rings. The Bertz CT molecular complexity index is 274. The van der Waals surface area contributed by atoms with Gasteiger partial charge in [0.2, 0.25) is 0 Å². The molecule has 0 heterocycles. The first-order valence-electron chi connectivity index (χ1n) is 9.25. The molecular weight excluding hydrogens is 485 g/mol. The molecule has 0 unspecified atom stereocenters. The standard InChI is InChI=1S/2C11H18P.Fe.Rh/c2*1-9(2)12(10(3)4)11-7-5-6-8-11;;/h2*5-10H,1-4H3;;. The second kappa shape index (κ2) is 15.8. The van der Waals surface area contributed by atoms with Crippen molar-refractivity contribution < 1.29 is 36.5 Å². The number of hydrogen-bond donors (Lipinski definition) is 0. The van der Waals surface area contributed by atoms with E-state index in [-0.39, 0.29) is 52.4 Å². The quantitative estimate of drug-likeness (QED) is 0.255. The summed E-state index contributed by atoms with van der Waals surface area (Å²) in [5.74, 6) is 0. The monoisotopic (exact) mass is 521 g/mol. The second-order valence-electron chi connectivity index (χ2n) is 7.48. The van der Waals surface area contributed by atoms with Crippen molar-refractivity contribution >= 4 is 15.8 Å². The van der Waals surface area contributed by atoms with Crippen LogP contribution in [0, 0.1) is 62.7 Å². The van der Waals surface area contributed by atoms with Gasteiger partial charge in [0.05, 0.1) is 0 Å². The molecule has 2 saturated carbocycles. The van der Waals surface area contributed by atoms with Crippen LogP contribution in [0.15, 0.2) is 0 Å². The van der Waals surface area contributed by atoms with Gasteiger partial charge in [-0.05, 0) is 74.0 Å². The zero-order valence-corrected chi connectivity index (χ0v) is 22.0. The van der Waals surface area contributed by atoms with Gasteiger partial charge in [-0.3, -0.25) is 0 Å². The molecule has 0 aromatic heterocycles. The van der Waals surface area contributed by atoms with E-state index in [1.165, 1.54) is 0 Å². The summed E-state index contributed by atoms with van der Waals surface area (Å²) in [6.07, 6.45) is 17.7. The molecule has 0 nitrogen and oxygen atoms in total. The zero-order valence-electron chi connectivity index (χ0n) is 17.5. The van der Waals surface area contributed by atoms with Crippen molar-refractivity contribution in [2.75, 3.05) is 0 Å². The maximum atomic E-state index is 2.33. The fourth-order valence-corrected chi connectivity index (χ4v) is 9.26. The second-order valence-corrected chi connectivity index (χ2v) is 14.3. The van der Waals surface area contributed by atoms with Gasteiger partial charge in [0.25, 0.3) is 0 Å². The summed E-state index contributed by atoms with van der Waals surface area (Å²) in [5.41, 5.74) is 6.36.